The first-order valence-electron chi connectivity index (χ1n) is 13.1. The number of aliphatic hydroxyl groups excluding tert-OH is 4. The second-order valence-electron chi connectivity index (χ2n) is 10.3. The zero-order chi connectivity index (χ0) is 29.8. The molecule has 0 amide bonds. The highest BCUT2D eigenvalue weighted by Crippen LogP contribution is 2.44. The van der Waals surface area contributed by atoms with Gasteiger partial charge in [0.2, 0.25) is 0 Å². The van der Waals surface area contributed by atoms with Crippen molar-refractivity contribution in [3.8, 4) is 0 Å². The molecule has 4 aliphatic rings. The van der Waals surface area contributed by atoms with E-state index in [0.29, 0.717) is 5.75 Å². The molecule has 16 nitrogen and oxygen atoms in total. The molecule has 0 aliphatic carbocycles. The summed E-state index contributed by atoms with van der Waals surface area (Å²) < 4.78 is 40.4. The van der Waals surface area contributed by atoms with Crippen LogP contribution in [0, 0.1) is 0 Å². The van der Waals surface area contributed by atoms with Gasteiger partial charge in [0.15, 0.2) is 6.29 Å². The molecule has 0 spiro atoms. The second-order valence-corrected chi connectivity index (χ2v) is 11.6. The lowest BCUT2D eigenvalue weighted by Crippen LogP contribution is -2.81. The summed E-state index contributed by atoms with van der Waals surface area (Å²) >= 11 is 4.22. The SMILES string of the molecule is CC(O[C@]12OC(CN)[C@@H](O)C(O1)C2N)[C@@H](CSS)OCOC(CO[C@H]1OC(CN)[C@@H](O)C(O)C1N)C(O)[C@@H](C)N. The van der Waals surface area contributed by atoms with E-state index in [9.17, 15) is 20.4 Å². The lowest BCUT2D eigenvalue weighted by Gasteiger charge is -2.59. The lowest BCUT2D eigenvalue weighted by molar-refractivity contribution is -0.530. The fourth-order valence-corrected chi connectivity index (χ4v) is 5.64. The van der Waals surface area contributed by atoms with E-state index >= 15 is 0 Å². The van der Waals surface area contributed by atoms with Crippen LogP contribution in [0.1, 0.15) is 13.8 Å². The second kappa shape index (κ2) is 15.2. The molecule has 0 saturated carbocycles. The van der Waals surface area contributed by atoms with E-state index in [-0.39, 0.29) is 26.5 Å². The summed E-state index contributed by atoms with van der Waals surface area (Å²) in [6.07, 6.45) is -10.3. The van der Waals surface area contributed by atoms with Crippen LogP contribution >= 0.6 is 22.5 Å². The van der Waals surface area contributed by atoms with Crippen LogP contribution in [-0.2, 0) is 33.2 Å². The molecule has 40 heavy (non-hydrogen) atoms. The third-order valence-corrected chi connectivity index (χ3v) is 8.25. The molecule has 2 bridgehead atoms. The van der Waals surface area contributed by atoms with Crippen molar-refractivity contribution >= 4 is 22.5 Å². The lowest BCUT2D eigenvalue weighted by atomic mass is 9.90. The quantitative estimate of drug-likeness (QED) is 0.0441. The molecule has 0 radical (unpaired) electrons. The molecule has 15 atom stereocenters. The molecule has 9 unspecified atom stereocenters. The van der Waals surface area contributed by atoms with Crippen LogP contribution in [0.25, 0.3) is 0 Å². The summed E-state index contributed by atoms with van der Waals surface area (Å²) in [4.78, 5) is 0. The predicted molar refractivity (Wildman–Crippen MR) is 145 cm³/mol. The third-order valence-electron chi connectivity index (χ3n) is 7.33. The summed E-state index contributed by atoms with van der Waals surface area (Å²) in [7, 11) is 1.20. The van der Waals surface area contributed by atoms with Gasteiger partial charge in [-0.15, -0.1) is 11.7 Å². The number of ether oxygens (including phenoxy) is 7. The largest absolute Gasteiger partial charge is 0.389 e. The van der Waals surface area contributed by atoms with Gasteiger partial charge in [-0.2, -0.15) is 0 Å². The summed E-state index contributed by atoms with van der Waals surface area (Å²) in [5.41, 5.74) is 29.3. The van der Waals surface area contributed by atoms with E-state index in [4.69, 9.17) is 61.8 Å². The minimum Gasteiger partial charge on any atom is -0.389 e. The van der Waals surface area contributed by atoms with Crippen molar-refractivity contribution in [2.75, 3.05) is 32.2 Å². The number of thiol groups is 1. The van der Waals surface area contributed by atoms with Gasteiger partial charge in [0.1, 0.15) is 55.6 Å². The average molecular weight is 620 g/mol. The van der Waals surface area contributed by atoms with Crippen molar-refractivity contribution in [3.63, 3.8) is 0 Å². The summed E-state index contributed by atoms with van der Waals surface area (Å²) in [5, 5.41) is 41.1. The Balaban J connectivity index is 1.57. The number of aliphatic hydroxyl groups is 4. The molecule has 4 saturated heterocycles. The van der Waals surface area contributed by atoms with Crippen LogP contribution in [0.15, 0.2) is 0 Å². The highest BCUT2D eigenvalue weighted by atomic mass is 33.1. The zero-order valence-electron chi connectivity index (χ0n) is 22.5. The molecule has 4 fully saturated rings. The normalized spacial score (nSPS) is 41.5. The number of hydrogen-bond donors (Lipinski definition) is 10. The molecular weight excluding hydrogens is 574 g/mol. The summed E-state index contributed by atoms with van der Waals surface area (Å²) in [6, 6.07) is -2.50. The fraction of sp³-hybridized carbons (Fsp3) is 1.00. The highest BCUT2D eigenvalue weighted by molar-refractivity contribution is 8.68. The number of fused-ring (bicyclic) bond motifs is 2. The van der Waals surface area contributed by atoms with E-state index in [1.54, 1.807) is 13.8 Å². The van der Waals surface area contributed by atoms with Crippen LogP contribution in [0.3, 0.4) is 0 Å². The minimum atomic E-state index is -1.57. The summed E-state index contributed by atoms with van der Waals surface area (Å²) in [5.74, 6) is -1.20. The third kappa shape index (κ3) is 7.58. The number of hydrogen-bond acceptors (Lipinski definition) is 18. The van der Waals surface area contributed by atoms with Crippen molar-refractivity contribution in [3.05, 3.63) is 0 Å². The molecule has 18 heteroatoms. The van der Waals surface area contributed by atoms with Crippen molar-refractivity contribution in [1.29, 1.82) is 0 Å². The van der Waals surface area contributed by atoms with Gasteiger partial charge in [-0.25, -0.2) is 0 Å². The van der Waals surface area contributed by atoms with E-state index < -0.39 is 91.4 Å². The Morgan fingerprint density at radius 2 is 1.62 bits per heavy atom. The van der Waals surface area contributed by atoms with Gasteiger partial charge >= 0.3 is 5.97 Å². The average Bonchev–Trinajstić information content (AvgIpc) is 2.93. The van der Waals surface area contributed by atoms with Gasteiger partial charge in [0, 0.05) is 24.9 Å². The predicted octanol–water partition coefficient (Wildman–Crippen LogP) is -4.75. The Labute approximate surface area is 242 Å². The molecule has 4 rings (SSSR count). The van der Waals surface area contributed by atoms with Crippen LogP contribution in [0.5, 0.6) is 0 Å². The van der Waals surface area contributed by atoms with Gasteiger partial charge in [0.05, 0.1) is 31.0 Å². The smallest absolute Gasteiger partial charge is 0.303 e. The van der Waals surface area contributed by atoms with Crippen LogP contribution in [0.4, 0.5) is 0 Å². The molecule has 14 N–H and O–H groups in total. The fourth-order valence-electron chi connectivity index (χ4n) is 4.69. The topological polar surface area (TPSA) is 276 Å². The number of rotatable bonds is 16. The van der Waals surface area contributed by atoms with Crippen LogP contribution in [0.2, 0.25) is 0 Å². The first kappa shape index (κ1) is 34.5. The molecule has 4 heterocycles. The standard InChI is InChI=1S/C22H45N5O11S2/c1-8(25)15(28)12(5-32-21-14(26)18(31)16(29)10(3-23)35-21)33-7-34-13(6-40-39)9(2)36-22-20(27)19(38-22)17(30)11(4-24)37-22/h8-21,28-31,39H,3-7,23-27H2,1-2H3/t8-,9?,10?,11?,12?,13-,14?,15?,16-,17-,18?,19?,20?,21+,22-/m1/s1. The molecule has 0 aromatic rings. The van der Waals surface area contributed by atoms with E-state index in [2.05, 4.69) is 11.7 Å². The van der Waals surface area contributed by atoms with Gasteiger partial charge < -0.3 is 82.3 Å². The Morgan fingerprint density at radius 1 is 0.975 bits per heavy atom. The Hall–Kier alpha value is 0.0600. The molecule has 236 valence electrons. The maximum absolute atomic E-state index is 10.6. The zero-order valence-corrected chi connectivity index (χ0v) is 24.2. The number of nitrogens with two attached hydrogens (primary N) is 5. The van der Waals surface area contributed by atoms with Crippen molar-refractivity contribution in [2.45, 2.75) is 105 Å². The maximum atomic E-state index is 10.6. The molecule has 4 aliphatic heterocycles. The maximum Gasteiger partial charge on any atom is 0.303 e. The van der Waals surface area contributed by atoms with Crippen molar-refractivity contribution in [1.82, 2.24) is 0 Å². The Bertz CT molecular complexity index is 781. The molecule has 0 aromatic heterocycles. The minimum absolute atomic E-state index is 0.0576. The van der Waals surface area contributed by atoms with Crippen LogP contribution in [-0.4, -0.2) is 144 Å². The monoisotopic (exact) mass is 619 g/mol. The van der Waals surface area contributed by atoms with Gasteiger partial charge in [-0.1, -0.05) is 10.8 Å². The van der Waals surface area contributed by atoms with Gasteiger partial charge in [-0.05, 0) is 13.8 Å². The van der Waals surface area contributed by atoms with Crippen molar-refractivity contribution < 1.29 is 53.6 Å². The molecule has 0 aromatic carbocycles. The Kier molecular flexibility index (Phi) is 13.1. The first-order chi connectivity index (χ1) is 18.9. The highest BCUT2D eigenvalue weighted by Gasteiger charge is 2.66. The molecular formula is C22H45N5O11S2. The van der Waals surface area contributed by atoms with E-state index in [1.165, 1.54) is 10.8 Å². The van der Waals surface area contributed by atoms with E-state index in [0.717, 1.165) is 0 Å². The first-order valence-corrected chi connectivity index (χ1v) is 15.1. The van der Waals surface area contributed by atoms with E-state index in [1.807, 2.05) is 0 Å². The van der Waals surface area contributed by atoms with Crippen LogP contribution < -0.4 is 28.7 Å². The Morgan fingerprint density at radius 3 is 2.20 bits per heavy atom. The van der Waals surface area contributed by atoms with Crippen molar-refractivity contribution in [2.24, 2.45) is 28.7 Å². The van der Waals surface area contributed by atoms with Gasteiger partial charge in [0.25, 0.3) is 0 Å². The summed E-state index contributed by atoms with van der Waals surface area (Å²) in [6.45, 7) is 2.78. The van der Waals surface area contributed by atoms with Gasteiger partial charge in [-0.3, -0.25) is 0 Å².